The lowest BCUT2D eigenvalue weighted by Gasteiger charge is -2.13. The topological polar surface area (TPSA) is 29.3 Å². The van der Waals surface area contributed by atoms with Gasteiger partial charge in [0.25, 0.3) is 0 Å². The number of hydrogen-bond donors (Lipinski definition) is 1. The second-order valence-corrected chi connectivity index (χ2v) is 6.98. The van der Waals surface area contributed by atoms with Crippen LogP contribution in [0.1, 0.15) is 15.3 Å². The Bertz CT molecular complexity index is 592. The van der Waals surface area contributed by atoms with E-state index in [1.807, 2.05) is 6.07 Å². The first-order chi connectivity index (χ1) is 9.17. The van der Waals surface area contributed by atoms with Crippen LogP contribution < -0.4 is 5.73 Å². The zero-order chi connectivity index (χ0) is 13.7. The third-order valence-corrected chi connectivity index (χ3v) is 4.61. The molecule has 0 bridgehead atoms. The van der Waals surface area contributed by atoms with Crippen LogP contribution in [0.5, 0.6) is 0 Å². The van der Waals surface area contributed by atoms with Gasteiger partial charge in [-0.2, -0.15) is 0 Å². The molecule has 0 aromatic carbocycles. The quantitative estimate of drug-likeness (QED) is 0.877. The summed E-state index contributed by atoms with van der Waals surface area (Å²) in [5, 5.41) is 2.08. The third-order valence-electron chi connectivity index (χ3n) is 2.47. The highest BCUT2D eigenvalue weighted by atomic mass is 35.5. The lowest BCUT2D eigenvalue weighted by atomic mass is 10.3. The van der Waals surface area contributed by atoms with E-state index in [1.54, 1.807) is 22.7 Å². The molecule has 5 heteroatoms. The molecule has 2 heterocycles. The van der Waals surface area contributed by atoms with E-state index < -0.39 is 0 Å². The zero-order valence-corrected chi connectivity index (χ0v) is 13.0. The van der Waals surface area contributed by atoms with Gasteiger partial charge in [0.05, 0.1) is 10.9 Å². The Morgan fingerprint density at radius 1 is 1.32 bits per heavy atom. The average Bonchev–Trinajstić information content (AvgIpc) is 2.96. The molecule has 0 saturated heterocycles. The van der Waals surface area contributed by atoms with Crippen molar-refractivity contribution in [1.29, 1.82) is 0 Å². The third kappa shape index (κ3) is 4.64. The molecule has 0 fully saturated rings. The molecule has 0 radical (unpaired) electrons. The van der Waals surface area contributed by atoms with Crippen LogP contribution in [-0.2, 0) is 13.1 Å². The molecule has 2 N–H and O–H groups in total. The number of rotatable bonds is 4. The Morgan fingerprint density at radius 3 is 2.79 bits per heavy atom. The second-order valence-electron chi connectivity index (χ2n) is 4.19. The lowest BCUT2D eigenvalue weighted by molar-refractivity contribution is 0.325. The Hall–Kier alpha value is -0.830. The monoisotopic (exact) mass is 310 g/mol. The van der Waals surface area contributed by atoms with Crippen LogP contribution in [0.4, 0.5) is 0 Å². The molecule has 2 nitrogen and oxygen atoms in total. The highest BCUT2D eigenvalue weighted by Crippen LogP contribution is 2.23. The summed E-state index contributed by atoms with van der Waals surface area (Å²) in [6.45, 7) is 2.24. The molecule has 0 spiro atoms. The van der Waals surface area contributed by atoms with Crippen LogP contribution in [0.2, 0.25) is 4.34 Å². The predicted octanol–water partition coefficient (Wildman–Crippen LogP) is 3.41. The largest absolute Gasteiger partial charge is 0.320 e. The Kier molecular flexibility index (Phi) is 5.44. The molecule has 0 atom stereocenters. The van der Waals surface area contributed by atoms with Crippen molar-refractivity contribution in [2.75, 3.05) is 13.6 Å². The fourth-order valence-electron chi connectivity index (χ4n) is 1.71. The van der Waals surface area contributed by atoms with E-state index in [1.165, 1.54) is 9.75 Å². The summed E-state index contributed by atoms with van der Waals surface area (Å²) in [4.78, 5) is 4.87. The van der Waals surface area contributed by atoms with E-state index in [0.29, 0.717) is 6.54 Å². The minimum atomic E-state index is 0.407. The van der Waals surface area contributed by atoms with E-state index in [-0.39, 0.29) is 0 Å². The van der Waals surface area contributed by atoms with Gasteiger partial charge in [-0.05, 0) is 25.2 Å². The number of thiophene rings is 2. The van der Waals surface area contributed by atoms with Gasteiger partial charge >= 0.3 is 0 Å². The van der Waals surface area contributed by atoms with Crippen LogP contribution in [0.3, 0.4) is 0 Å². The minimum Gasteiger partial charge on any atom is -0.320 e. The standard InChI is InChI=1S/C14H15ClN2S2/c1-17(8-12-4-5-14(15)19-12)9-13-7-11(10-18-13)3-2-6-16/h4-5,7,10H,6,8-9,16H2,1H3. The van der Waals surface area contributed by atoms with Crippen molar-refractivity contribution >= 4 is 34.3 Å². The molecule has 0 unspecified atom stereocenters. The maximum Gasteiger partial charge on any atom is 0.0931 e. The fourth-order valence-corrected chi connectivity index (χ4v) is 3.77. The molecule has 2 rings (SSSR count). The second kappa shape index (κ2) is 7.09. The predicted molar refractivity (Wildman–Crippen MR) is 84.8 cm³/mol. The van der Waals surface area contributed by atoms with Gasteiger partial charge in [-0.1, -0.05) is 23.4 Å². The van der Waals surface area contributed by atoms with Crippen LogP contribution >= 0.6 is 34.3 Å². The summed E-state index contributed by atoms with van der Waals surface area (Å²) in [6, 6.07) is 6.16. The summed E-state index contributed by atoms with van der Waals surface area (Å²) in [5.41, 5.74) is 6.42. The van der Waals surface area contributed by atoms with Crippen molar-refractivity contribution in [2.45, 2.75) is 13.1 Å². The summed E-state index contributed by atoms with van der Waals surface area (Å²) in [7, 11) is 2.11. The van der Waals surface area contributed by atoms with Gasteiger partial charge in [0.2, 0.25) is 0 Å². The Morgan fingerprint density at radius 2 is 2.11 bits per heavy atom. The summed E-state index contributed by atoms with van der Waals surface area (Å²) >= 11 is 9.30. The van der Waals surface area contributed by atoms with Gasteiger partial charge in [-0.25, -0.2) is 0 Å². The van der Waals surface area contributed by atoms with Gasteiger partial charge in [-0.15, -0.1) is 22.7 Å². The summed E-state index contributed by atoms with van der Waals surface area (Å²) < 4.78 is 0.846. The van der Waals surface area contributed by atoms with Crippen molar-refractivity contribution in [3.8, 4) is 11.8 Å². The fraction of sp³-hybridized carbons (Fsp3) is 0.286. The van der Waals surface area contributed by atoms with Crippen molar-refractivity contribution in [2.24, 2.45) is 5.73 Å². The molecular formula is C14H15ClN2S2. The van der Waals surface area contributed by atoms with E-state index in [0.717, 1.165) is 23.0 Å². The Balaban J connectivity index is 1.91. The van der Waals surface area contributed by atoms with Gasteiger partial charge in [0.15, 0.2) is 0 Å². The van der Waals surface area contributed by atoms with E-state index >= 15 is 0 Å². The summed E-state index contributed by atoms with van der Waals surface area (Å²) in [6.07, 6.45) is 0. The van der Waals surface area contributed by atoms with E-state index in [2.05, 4.69) is 41.3 Å². The Labute approximate surface area is 126 Å². The molecule has 0 aliphatic heterocycles. The van der Waals surface area contributed by atoms with Crippen LogP contribution in [0, 0.1) is 11.8 Å². The maximum atomic E-state index is 5.93. The molecule has 0 aliphatic carbocycles. The first-order valence-electron chi connectivity index (χ1n) is 5.86. The highest BCUT2D eigenvalue weighted by molar-refractivity contribution is 7.16. The summed E-state index contributed by atoms with van der Waals surface area (Å²) in [5.74, 6) is 5.92. The van der Waals surface area contributed by atoms with Crippen LogP contribution in [0.15, 0.2) is 23.6 Å². The SMILES string of the molecule is CN(Cc1cc(C#CCN)cs1)Cc1ccc(Cl)s1. The number of nitrogens with two attached hydrogens (primary N) is 1. The molecular weight excluding hydrogens is 296 g/mol. The smallest absolute Gasteiger partial charge is 0.0931 e. The molecule has 2 aromatic heterocycles. The van der Waals surface area contributed by atoms with Crippen molar-refractivity contribution < 1.29 is 0 Å². The number of halogens is 1. The molecule has 0 aliphatic rings. The number of nitrogens with zero attached hydrogens (tertiary/aromatic N) is 1. The molecule has 0 saturated carbocycles. The van der Waals surface area contributed by atoms with Crippen molar-refractivity contribution in [3.05, 3.63) is 43.2 Å². The van der Waals surface area contributed by atoms with Crippen LogP contribution in [-0.4, -0.2) is 18.5 Å². The van der Waals surface area contributed by atoms with Gasteiger partial charge in [-0.3, -0.25) is 4.90 Å². The van der Waals surface area contributed by atoms with Gasteiger partial charge in [0, 0.05) is 33.8 Å². The van der Waals surface area contributed by atoms with Crippen LogP contribution in [0.25, 0.3) is 0 Å². The highest BCUT2D eigenvalue weighted by Gasteiger charge is 2.06. The van der Waals surface area contributed by atoms with Gasteiger partial charge in [0.1, 0.15) is 0 Å². The van der Waals surface area contributed by atoms with E-state index in [4.69, 9.17) is 17.3 Å². The lowest BCUT2D eigenvalue weighted by Crippen LogP contribution is -2.15. The molecule has 2 aromatic rings. The normalized spacial score (nSPS) is 10.5. The first kappa shape index (κ1) is 14.6. The van der Waals surface area contributed by atoms with E-state index in [9.17, 15) is 0 Å². The minimum absolute atomic E-state index is 0.407. The molecule has 19 heavy (non-hydrogen) atoms. The van der Waals surface area contributed by atoms with Crippen molar-refractivity contribution in [3.63, 3.8) is 0 Å². The first-order valence-corrected chi connectivity index (χ1v) is 7.94. The molecule has 100 valence electrons. The maximum absolute atomic E-state index is 5.93. The molecule has 0 amide bonds. The zero-order valence-electron chi connectivity index (χ0n) is 10.6. The van der Waals surface area contributed by atoms with Gasteiger partial charge < -0.3 is 5.73 Å². The van der Waals surface area contributed by atoms with Crippen molar-refractivity contribution in [1.82, 2.24) is 4.90 Å². The number of hydrogen-bond acceptors (Lipinski definition) is 4. The average molecular weight is 311 g/mol.